The van der Waals surface area contributed by atoms with Crippen LogP contribution >= 0.6 is 11.3 Å². The first kappa shape index (κ1) is 17.4. The molecule has 0 radical (unpaired) electrons. The Hall–Kier alpha value is -1.46. The number of carbonyl (C=O) groups is 1. The minimum atomic E-state index is -0.101. The third-order valence-electron chi connectivity index (χ3n) is 5.12. The van der Waals surface area contributed by atoms with Crippen molar-refractivity contribution in [1.29, 1.82) is 0 Å². The van der Waals surface area contributed by atoms with Crippen molar-refractivity contribution in [3.63, 3.8) is 0 Å². The van der Waals surface area contributed by atoms with E-state index in [9.17, 15) is 4.79 Å². The van der Waals surface area contributed by atoms with Crippen LogP contribution in [-0.4, -0.2) is 36.1 Å². The van der Waals surface area contributed by atoms with Gasteiger partial charge in [0.25, 0.3) is 5.91 Å². The van der Waals surface area contributed by atoms with E-state index in [1.165, 1.54) is 14.6 Å². The maximum atomic E-state index is 12.2. The number of quaternary nitrogens is 1. The fraction of sp³-hybridized carbons (Fsp3) is 0.579. The maximum Gasteiger partial charge on any atom is 0.275 e. The number of benzene rings is 1. The van der Waals surface area contributed by atoms with E-state index in [2.05, 4.69) is 50.4 Å². The summed E-state index contributed by atoms with van der Waals surface area (Å²) in [4.78, 5) is 18.4. The summed E-state index contributed by atoms with van der Waals surface area (Å²) in [5, 5.41) is 4.41. The normalized spacial score (nSPS) is 21.8. The second-order valence-electron chi connectivity index (χ2n) is 7.51. The number of para-hydroxylation sites is 1. The Morgan fingerprint density at radius 2 is 2.04 bits per heavy atom. The van der Waals surface area contributed by atoms with E-state index in [1.54, 1.807) is 0 Å². The van der Waals surface area contributed by atoms with Crippen LogP contribution in [0.25, 0.3) is 10.2 Å². The first-order chi connectivity index (χ1) is 11.5. The fourth-order valence-corrected chi connectivity index (χ4v) is 4.39. The van der Waals surface area contributed by atoms with Gasteiger partial charge >= 0.3 is 0 Å². The number of amides is 1. The van der Waals surface area contributed by atoms with Gasteiger partial charge in [0.2, 0.25) is 0 Å². The maximum absolute atomic E-state index is 12.2. The summed E-state index contributed by atoms with van der Waals surface area (Å²) >= 11 is 1.83. The second-order valence-corrected chi connectivity index (χ2v) is 8.57. The molecule has 1 aromatic heterocycles. The highest BCUT2D eigenvalue weighted by Crippen LogP contribution is 2.31. The number of nitrogens with one attached hydrogen (secondary N) is 2. The van der Waals surface area contributed by atoms with Gasteiger partial charge in [0.1, 0.15) is 0 Å². The molecule has 1 fully saturated rings. The Kier molecular flexibility index (Phi) is 5.21. The van der Waals surface area contributed by atoms with Crippen LogP contribution in [0.1, 0.15) is 51.0 Å². The summed E-state index contributed by atoms with van der Waals surface area (Å²) in [6.07, 6.45) is 3.20. The molecule has 1 aliphatic rings. The molecule has 2 aromatic rings. The highest BCUT2D eigenvalue weighted by Gasteiger charge is 2.28. The molecular formula is C19H28N3OS+. The van der Waals surface area contributed by atoms with Crippen LogP contribution in [0.3, 0.4) is 0 Å². The lowest BCUT2D eigenvalue weighted by molar-refractivity contribution is -0.897. The van der Waals surface area contributed by atoms with Gasteiger partial charge in [-0.3, -0.25) is 4.79 Å². The van der Waals surface area contributed by atoms with Crippen LogP contribution in [0.15, 0.2) is 24.3 Å². The molecule has 0 atom stereocenters. The van der Waals surface area contributed by atoms with Crippen LogP contribution in [0, 0.1) is 0 Å². The van der Waals surface area contributed by atoms with Crippen LogP contribution < -0.4 is 10.2 Å². The third kappa shape index (κ3) is 4.14. The largest absolute Gasteiger partial charge is 0.346 e. The lowest BCUT2D eigenvalue weighted by Gasteiger charge is -2.30. The van der Waals surface area contributed by atoms with Gasteiger partial charge in [-0.2, -0.15) is 0 Å². The summed E-state index contributed by atoms with van der Waals surface area (Å²) in [5.74, 6) is 0.733. The molecule has 2 heterocycles. The van der Waals surface area contributed by atoms with Gasteiger partial charge in [-0.15, -0.1) is 11.3 Å². The lowest BCUT2D eigenvalue weighted by Crippen LogP contribution is -3.14. The van der Waals surface area contributed by atoms with Crippen LogP contribution in [0.5, 0.6) is 0 Å². The zero-order valence-electron chi connectivity index (χ0n) is 14.9. The van der Waals surface area contributed by atoms with E-state index in [1.807, 2.05) is 11.3 Å². The Morgan fingerprint density at radius 1 is 1.33 bits per heavy atom. The molecule has 0 spiro atoms. The van der Waals surface area contributed by atoms with Gasteiger partial charge in [0.05, 0.1) is 28.3 Å². The summed E-state index contributed by atoms with van der Waals surface area (Å²) in [6.45, 7) is 8.98. The molecule has 0 saturated carbocycles. The van der Waals surface area contributed by atoms with Gasteiger partial charge in [-0.05, 0) is 32.4 Å². The zero-order chi connectivity index (χ0) is 17.2. The van der Waals surface area contributed by atoms with E-state index < -0.39 is 0 Å². The van der Waals surface area contributed by atoms with Crippen molar-refractivity contribution in [1.82, 2.24) is 10.3 Å². The van der Waals surface area contributed by atoms with Crippen molar-refractivity contribution in [3.05, 3.63) is 29.3 Å². The summed E-state index contributed by atoms with van der Waals surface area (Å²) in [5.41, 5.74) is 1.02. The second kappa shape index (κ2) is 7.19. The zero-order valence-corrected chi connectivity index (χ0v) is 15.7. The number of fused-ring (bicyclic) bond motifs is 1. The molecule has 0 aliphatic carbocycles. The summed E-state index contributed by atoms with van der Waals surface area (Å²) in [7, 11) is 0. The predicted octanol–water partition coefficient (Wildman–Crippen LogP) is 2.36. The first-order valence-electron chi connectivity index (χ1n) is 8.97. The molecule has 0 bridgehead atoms. The van der Waals surface area contributed by atoms with E-state index in [0.29, 0.717) is 12.5 Å². The number of carbonyl (C=O) groups excluding carboxylic acids is 1. The Bertz CT molecular complexity index is 668. The number of hydrogen-bond acceptors (Lipinski definition) is 3. The van der Waals surface area contributed by atoms with Crippen molar-refractivity contribution in [2.45, 2.75) is 51.5 Å². The minimum absolute atomic E-state index is 0.101. The molecule has 2 N–H and O–H groups in total. The van der Waals surface area contributed by atoms with E-state index in [0.717, 1.165) is 37.9 Å². The third-order valence-corrected chi connectivity index (χ3v) is 6.32. The highest BCUT2D eigenvalue weighted by molar-refractivity contribution is 7.18. The van der Waals surface area contributed by atoms with Crippen molar-refractivity contribution < 1.29 is 9.69 Å². The minimum Gasteiger partial charge on any atom is -0.346 e. The summed E-state index contributed by atoms with van der Waals surface area (Å²) < 4.78 is 1.28. The Morgan fingerprint density at radius 3 is 2.71 bits per heavy atom. The van der Waals surface area contributed by atoms with Gasteiger partial charge in [-0.1, -0.05) is 19.1 Å². The smallest absolute Gasteiger partial charge is 0.275 e. The van der Waals surface area contributed by atoms with Crippen molar-refractivity contribution >= 4 is 27.5 Å². The highest BCUT2D eigenvalue weighted by atomic mass is 32.1. The molecule has 1 amide bonds. The van der Waals surface area contributed by atoms with Gasteiger partial charge in [-0.25, -0.2) is 4.98 Å². The summed E-state index contributed by atoms with van der Waals surface area (Å²) in [6, 6.07) is 8.37. The number of piperidine rings is 1. The molecule has 1 aromatic carbocycles. The number of hydrogen-bond donors (Lipinski definition) is 2. The molecule has 130 valence electrons. The van der Waals surface area contributed by atoms with Gasteiger partial charge in [0.15, 0.2) is 6.54 Å². The first-order valence-corrected chi connectivity index (χ1v) is 9.78. The molecule has 0 unspecified atom stereocenters. The Labute approximate surface area is 148 Å². The van der Waals surface area contributed by atoms with Crippen molar-refractivity contribution in [2.75, 3.05) is 19.6 Å². The molecule has 5 heteroatoms. The fourth-order valence-electron chi connectivity index (χ4n) is 3.25. The standard InChI is InChI=1S/C19H27N3OS/c1-4-19(2,3)21-17(23)13-22-11-9-14(10-12-22)18-20-15-7-5-6-8-16(15)24-18/h5-8,14H,4,9-13H2,1-3H3,(H,21,23)/p+1. The van der Waals surface area contributed by atoms with Crippen molar-refractivity contribution in [2.24, 2.45) is 0 Å². The molecule has 3 rings (SSSR count). The number of thiazole rings is 1. The van der Waals surface area contributed by atoms with E-state index >= 15 is 0 Å². The van der Waals surface area contributed by atoms with E-state index in [4.69, 9.17) is 4.98 Å². The lowest BCUT2D eigenvalue weighted by atomic mass is 9.97. The number of rotatable bonds is 5. The van der Waals surface area contributed by atoms with Crippen LogP contribution in [0.4, 0.5) is 0 Å². The number of nitrogens with zero attached hydrogens (tertiary/aromatic N) is 1. The monoisotopic (exact) mass is 346 g/mol. The average Bonchev–Trinajstić information content (AvgIpc) is 2.99. The van der Waals surface area contributed by atoms with Gasteiger partial charge < -0.3 is 10.2 Å². The quantitative estimate of drug-likeness (QED) is 0.873. The molecular weight excluding hydrogens is 318 g/mol. The van der Waals surface area contributed by atoms with Crippen molar-refractivity contribution in [3.8, 4) is 0 Å². The molecule has 1 aliphatic heterocycles. The van der Waals surface area contributed by atoms with Crippen LogP contribution in [0.2, 0.25) is 0 Å². The predicted molar refractivity (Wildman–Crippen MR) is 99.7 cm³/mol. The SMILES string of the molecule is CCC(C)(C)NC(=O)C[NH+]1CCC(c2nc3ccccc3s2)CC1. The number of likely N-dealkylation sites (tertiary alicyclic amines) is 1. The molecule has 24 heavy (non-hydrogen) atoms. The number of aromatic nitrogens is 1. The molecule has 1 saturated heterocycles. The van der Waals surface area contributed by atoms with Crippen LogP contribution in [-0.2, 0) is 4.79 Å². The van der Waals surface area contributed by atoms with E-state index in [-0.39, 0.29) is 11.4 Å². The Balaban J connectivity index is 1.53. The molecule has 4 nitrogen and oxygen atoms in total. The topological polar surface area (TPSA) is 46.4 Å². The average molecular weight is 347 g/mol. The van der Waals surface area contributed by atoms with Gasteiger partial charge in [0, 0.05) is 24.3 Å².